The lowest BCUT2D eigenvalue weighted by Crippen LogP contribution is -2.37. The van der Waals surface area contributed by atoms with Crippen LogP contribution >= 0.6 is 11.3 Å². The van der Waals surface area contributed by atoms with Gasteiger partial charge in [-0.1, -0.05) is 0 Å². The summed E-state index contributed by atoms with van der Waals surface area (Å²) in [6, 6.07) is 4.19. The van der Waals surface area contributed by atoms with Gasteiger partial charge in [-0.25, -0.2) is 4.98 Å². The van der Waals surface area contributed by atoms with Gasteiger partial charge in [0.2, 0.25) is 0 Å². The Hall–Kier alpha value is -1.33. The molecule has 0 aliphatic carbocycles. The number of piperidine rings is 1. The molecule has 3 rings (SSSR count). The number of thiazole rings is 1. The van der Waals surface area contributed by atoms with Crippen molar-refractivity contribution in [3.8, 4) is 0 Å². The number of anilines is 2. The lowest BCUT2D eigenvalue weighted by Gasteiger charge is -2.35. The molecule has 5 heteroatoms. The Labute approximate surface area is 116 Å². The minimum atomic E-state index is -0.208. The number of fused-ring (bicyclic) bond motifs is 1. The van der Waals surface area contributed by atoms with E-state index in [1.807, 2.05) is 12.4 Å². The standard InChI is InChI=1S/C14H19N3OS/c1-9(18)10-4-6-17(7-5-10)11-2-3-12-14(13(11)15)16-8-19-12/h2-3,8-10,18H,4-7,15H2,1H3. The summed E-state index contributed by atoms with van der Waals surface area (Å²) in [7, 11) is 0. The molecule has 2 aromatic rings. The van der Waals surface area contributed by atoms with Crippen LogP contribution in [-0.4, -0.2) is 29.3 Å². The average Bonchev–Trinajstić information content (AvgIpc) is 2.88. The molecule has 0 radical (unpaired) electrons. The summed E-state index contributed by atoms with van der Waals surface area (Å²) < 4.78 is 1.14. The van der Waals surface area contributed by atoms with E-state index in [4.69, 9.17) is 5.73 Å². The number of aliphatic hydroxyl groups is 1. The smallest absolute Gasteiger partial charge is 0.106 e. The Morgan fingerprint density at radius 2 is 2.16 bits per heavy atom. The van der Waals surface area contributed by atoms with Crippen molar-refractivity contribution in [2.75, 3.05) is 23.7 Å². The molecule has 0 bridgehead atoms. The minimum absolute atomic E-state index is 0.208. The first-order valence-electron chi connectivity index (χ1n) is 6.71. The third-order valence-corrected chi connectivity index (χ3v) is 4.88. The van der Waals surface area contributed by atoms with E-state index in [2.05, 4.69) is 22.0 Å². The highest BCUT2D eigenvalue weighted by Crippen LogP contribution is 2.34. The molecule has 1 fully saturated rings. The molecule has 19 heavy (non-hydrogen) atoms. The van der Waals surface area contributed by atoms with Crippen LogP contribution in [0.2, 0.25) is 0 Å². The van der Waals surface area contributed by atoms with Crippen LogP contribution < -0.4 is 10.6 Å². The van der Waals surface area contributed by atoms with Gasteiger partial charge in [0.05, 0.1) is 27.7 Å². The van der Waals surface area contributed by atoms with Crippen LogP contribution in [0, 0.1) is 5.92 Å². The minimum Gasteiger partial charge on any atom is -0.395 e. The van der Waals surface area contributed by atoms with Crippen LogP contribution in [0.4, 0.5) is 11.4 Å². The van der Waals surface area contributed by atoms with Crippen molar-refractivity contribution in [1.29, 1.82) is 0 Å². The lowest BCUT2D eigenvalue weighted by atomic mass is 9.92. The van der Waals surface area contributed by atoms with Gasteiger partial charge in [-0.3, -0.25) is 0 Å². The number of aliphatic hydroxyl groups excluding tert-OH is 1. The van der Waals surface area contributed by atoms with E-state index < -0.39 is 0 Å². The molecule has 1 saturated heterocycles. The predicted octanol–water partition coefficient (Wildman–Crippen LogP) is 2.48. The van der Waals surface area contributed by atoms with Gasteiger partial charge in [-0.15, -0.1) is 11.3 Å². The topological polar surface area (TPSA) is 62.4 Å². The molecule has 1 atom stereocenters. The molecule has 3 N–H and O–H groups in total. The van der Waals surface area contributed by atoms with Gasteiger partial charge in [-0.2, -0.15) is 0 Å². The fourth-order valence-corrected chi connectivity index (χ4v) is 3.53. The summed E-state index contributed by atoms with van der Waals surface area (Å²) >= 11 is 1.62. The van der Waals surface area contributed by atoms with Gasteiger partial charge in [0.25, 0.3) is 0 Å². The summed E-state index contributed by atoms with van der Waals surface area (Å²) in [6.45, 7) is 3.79. The van der Waals surface area contributed by atoms with Gasteiger partial charge in [0.15, 0.2) is 0 Å². The molecule has 4 nitrogen and oxygen atoms in total. The van der Waals surface area contributed by atoms with Crippen LogP contribution in [-0.2, 0) is 0 Å². The molecule has 1 aromatic carbocycles. The van der Waals surface area contributed by atoms with Gasteiger partial charge in [-0.05, 0) is 37.8 Å². The van der Waals surface area contributed by atoms with Crippen LogP contribution in [0.1, 0.15) is 19.8 Å². The second kappa shape index (κ2) is 4.98. The molecule has 1 unspecified atom stereocenters. The fourth-order valence-electron chi connectivity index (χ4n) is 2.84. The zero-order valence-corrected chi connectivity index (χ0v) is 11.9. The van der Waals surface area contributed by atoms with Crippen molar-refractivity contribution in [2.45, 2.75) is 25.9 Å². The predicted molar refractivity (Wildman–Crippen MR) is 80.7 cm³/mol. The summed E-state index contributed by atoms with van der Waals surface area (Å²) in [5.41, 5.74) is 10.9. The number of nitrogens with two attached hydrogens (primary N) is 1. The van der Waals surface area contributed by atoms with Crippen LogP contribution in [0.5, 0.6) is 0 Å². The van der Waals surface area contributed by atoms with E-state index >= 15 is 0 Å². The van der Waals surface area contributed by atoms with Crippen molar-refractivity contribution in [3.05, 3.63) is 17.6 Å². The average molecular weight is 277 g/mol. The first-order chi connectivity index (χ1) is 9.16. The molecule has 0 saturated carbocycles. The quantitative estimate of drug-likeness (QED) is 0.828. The van der Waals surface area contributed by atoms with Gasteiger partial charge in [0.1, 0.15) is 5.52 Å². The first-order valence-corrected chi connectivity index (χ1v) is 7.59. The number of hydrogen-bond donors (Lipinski definition) is 2. The van der Waals surface area contributed by atoms with E-state index in [0.29, 0.717) is 5.92 Å². The molecular formula is C14H19N3OS. The highest BCUT2D eigenvalue weighted by atomic mass is 32.1. The molecule has 1 aliphatic rings. The maximum absolute atomic E-state index is 9.65. The maximum atomic E-state index is 9.65. The Kier molecular flexibility index (Phi) is 3.33. The number of nitrogens with zero attached hydrogens (tertiary/aromatic N) is 2. The molecular weight excluding hydrogens is 258 g/mol. The third kappa shape index (κ3) is 2.28. The van der Waals surface area contributed by atoms with Crippen LogP contribution in [0.15, 0.2) is 17.6 Å². The number of rotatable bonds is 2. The molecule has 0 spiro atoms. The van der Waals surface area contributed by atoms with Crippen molar-refractivity contribution >= 4 is 32.9 Å². The molecule has 1 aromatic heterocycles. The monoisotopic (exact) mass is 277 g/mol. The zero-order valence-electron chi connectivity index (χ0n) is 11.0. The van der Waals surface area contributed by atoms with E-state index in [1.54, 1.807) is 11.3 Å². The number of aromatic nitrogens is 1. The largest absolute Gasteiger partial charge is 0.395 e. The van der Waals surface area contributed by atoms with E-state index in [-0.39, 0.29) is 6.10 Å². The van der Waals surface area contributed by atoms with Gasteiger partial charge < -0.3 is 15.7 Å². The number of nitrogen functional groups attached to an aromatic ring is 1. The highest BCUT2D eigenvalue weighted by Gasteiger charge is 2.24. The number of hydrogen-bond acceptors (Lipinski definition) is 5. The van der Waals surface area contributed by atoms with E-state index in [0.717, 1.165) is 47.5 Å². The third-order valence-electron chi connectivity index (χ3n) is 4.08. The van der Waals surface area contributed by atoms with Crippen molar-refractivity contribution < 1.29 is 5.11 Å². The molecule has 1 aliphatic heterocycles. The maximum Gasteiger partial charge on any atom is 0.106 e. The Balaban J connectivity index is 1.83. The van der Waals surface area contributed by atoms with Crippen molar-refractivity contribution in [1.82, 2.24) is 4.98 Å². The van der Waals surface area contributed by atoms with Gasteiger partial charge in [0, 0.05) is 13.1 Å². The fraction of sp³-hybridized carbons (Fsp3) is 0.500. The van der Waals surface area contributed by atoms with E-state index in [9.17, 15) is 5.11 Å². The lowest BCUT2D eigenvalue weighted by molar-refractivity contribution is 0.110. The van der Waals surface area contributed by atoms with Crippen molar-refractivity contribution in [3.63, 3.8) is 0 Å². The first kappa shape index (κ1) is 12.7. The van der Waals surface area contributed by atoms with Crippen molar-refractivity contribution in [2.24, 2.45) is 5.92 Å². The summed E-state index contributed by atoms with van der Waals surface area (Å²) in [5.74, 6) is 0.417. The van der Waals surface area contributed by atoms with Crippen LogP contribution in [0.25, 0.3) is 10.2 Å². The second-order valence-corrected chi connectivity index (χ2v) is 6.15. The molecule has 0 amide bonds. The van der Waals surface area contributed by atoms with Gasteiger partial charge >= 0.3 is 0 Å². The van der Waals surface area contributed by atoms with E-state index in [1.165, 1.54) is 0 Å². The summed E-state index contributed by atoms with van der Waals surface area (Å²) in [6.07, 6.45) is 1.83. The summed E-state index contributed by atoms with van der Waals surface area (Å²) in [4.78, 5) is 6.66. The Bertz CT molecular complexity index is 573. The summed E-state index contributed by atoms with van der Waals surface area (Å²) in [5, 5.41) is 9.65. The Morgan fingerprint density at radius 1 is 1.42 bits per heavy atom. The molecule has 2 heterocycles. The SMILES string of the molecule is CC(O)C1CCN(c2ccc3scnc3c2N)CC1. The number of benzene rings is 1. The van der Waals surface area contributed by atoms with Crippen LogP contribution in [0.3, 0.4) is 0 Å². The molecule has 102 valence electrons. The normalized spacial score (nSPS) is 18.9. The Morgan fingerprint density at radius 3 is 2.84 bits per heavy atom. The second-order valence-electron chi connectivity index (χ2n) is 5.26. The highest BCUT2D eigenvalue weighted by molar-refractivity contribution is 7.16. The zero-order chi connectivity index (χ0) is 13.4.